The van der Waals surface area contributed by atoms with Crippen molar-refractivity contribution in [3.05, 3.63) is 60.2 Å². The third-order valence-corrected chi connectivity index (χ3v) is 5.51. The lowest BCUT2D eigenvalue weighted by atomic mass is 9.74. The molecule has 30 heavy (non-hydrogen) atoms. The van der Waals surface area contributed by atoms with E-state index in [4.69, 9.17) is 14.2 Å². The van der Waals surface area contributed by atoms with Crippen LogP contribution in [0, 0.1) is 0 Å². The zero-order chi connectivity index (χ0) is 21.1. The van der Waals surface area contributed by atoms with Gasteiger partial charge in [0.15, 0.2) is 5.96 Å². The maximum Gasteiger partial charge on any atom is 0.195 e. The van der Waals surface area contributed by atoms with Gasteiger partial charge in [0.2, 0.25) is 0 Å². The summed E-state index contributed by atoms with van der Waals surface area (Å²) in [6.07, 6.45) is 2.85. The van der Waals surface area contributed by atoms with Gasteiger partial charge in [-0.15, -0.1) is 0 Å². The van der Waals surface area contributed by atoms with Crippen molar-refractivity contribution in [3.63, 3.8) is 0 Å². The fourth-order valence-electron chi connectivity index (χ4n) is 3.75. The summed E-state index contributed by atoms with van der Waals surface area (Å²) < 4.78 is 16.5. The first kappa shape index (κ1) is 22.1. The van der Waals surface area contributed by atoms with Gasteiger partial charge in [0, 0.05) is 64.1 Å². The minimum absolute atomic E-state index is 0.0451. The van der Waals surface area contributed by atoms with E-state index in [-0.39, 0.29) is 5.41 Å². The number of aliphatic imine (C=N–C) groups is 1. The van der Waals surface area contributed by atoms with E-state index in [9.17, 15) is 0 Å². The van der Waals surface area contributed by atoms with Gasteiger partial charge in [0.25, 0.3) is 0 Å². The molecule has 3 rings (SSSR count). The first-order valence-corrected chi connectivity index (χ1v) is 10.6. The van der Waals surface area contributed by atoms with E-state index in [0.717, 1.165) is 56.4 Å². The normalized spacial score (nSPS) is 16.1. The summed E-state index contributed by atoms with van der Waals surface area (Å²) >= 11 is 0. The summed E-state index contributed by atoms with van der Waals surface area (Å²) in [5.74, 6) is 1.57. The van der Waals surface area contributed by atoms with Crippen LogP contribution < -0.4 is 15.4 Å². The maximum atomic E-state index is 5.80. The molecule has 0 bridgehead atoms. The number of nitrogens with zero attached hydrogens (tertiary/aromatic N) is 1. The number of nitrogens with one attached hydrogen (secondary N) is 2. The van der Waals surface area contributed by atoms with E-state index in [1.807, 2.05) is 24.3 Å². The number of rotatable bonds is 9. The maximum absolute atomic E-state index is 5.80. The fraction of sp³-hybridized carbons (Fsp3) is 0.458. The van der Waals surface area contributed by atoms with Crippen LogP contribution in [0.4, 0.5) is 5.69 Å². The molecule has 0 amide bonds. The van der Waals surface area contributed by atoms with Crippen LogP contribution in [-0.2, 0) is 14.9 Å². The van der Waals surface area contributed by atoms with Crippen molar-refractivity contribution in [2.45, 2.75) is 24.7 Å². The van der Waals surface area contributed by atoms with E-state index < -0.39 is 0 Å². The lowest BCUT2D eigenvalue weighted by molar-refractivity contribution is 0.0514. The molecule has 0 saturated carbocycles. The molecule has 0 radical (unpaired) electrons. The molecule has 1 aliphatic heterocycles. The second-order valence-electron chi connectivity index (χ2n) is 7.53. The third-order valence-electron chi connectivity index (χ3n) is 5.51. The first-order valence-electron chi connectivity index (χ1n) is 10.6. The molecule has 6 nitrogen and oxygen atoms in total. The van der Waals surface area contributed by atoms with Gasteiger partial charge in [-0.3, -0.25) is 4.99 Å². The van der Waals surface area contributed by atoms with Crippen molar-refractivity contribution < 1.29 is 14.2 Å². The van der Waals surface area contributed by atoms with Crippen molar-refractivity contribution in [1.82, 2.24) is 5.32 Å². The number of ether oxygens (including phenoxy) is 3. The van der Waals surface area contributed by atoms with Gasteiger partial charge in [0.05, 0.1) is 6.61 Å². The van der Waals surface area contributed by atoms with Gasteiger partial charge < -0.3 is 24.8 Å². The molecule has 0 unspecified atom stereocenters. The van der Waals surface area contributed by atoms with E-state index in [0.29, 0.717) is 13.2 Å². The minimum atomic E-state index is 0.0451. The standard InChI is InChI=1S/C24H33N3O3/c1-25-23(27-21-10-6-11-22(18-21)30-15-7-14-28-2)26-19-24(12-16-29-17-13-24)20-8-4-3-5-9-20/h3-6,8-11,18H,7,12-17,19H2,1-2H3,(H2,25,26,27). The Labute approximate surface area is 179 Å². The largest absolute Gasteiger partial charge is 0.493 e. The van der Waals surface area contributed by atoms with E-state index in [1.54, 1.807) is 14.2 Å². The zero-order valence-electron chi connectivity index (χ0n) is 18.0. The van der Waals surface area contributed by atoms with Crippen LogP contribution in [0.3, 0.4) is 0 Å². The number of benzene rings is 2. The highest BCUT2D eigenvalue weighted by Gasteiger charge is 2.34. The van der Waals surface area contributed by atoms with E-state index >= 15 is 0 Å². The molecule has 1 aliphatic rings. The SMILES string of the molecule is CN=C(NCC1(c2ccccc2)CCOCC1)Nc1cccc(OCCCOC)c1. The Balaban J connectivity index is 1.61. The highest BCUT2D eigenvalue weighted by molar-refractivity contribution is 5.93. The highest BCUT2D eigenvalue weighted by Crippen LogP contribution is 2.34. The average Bonchev–Trinajstić information content (AvgIpc) is 2.81. The van der Waals surface area contributed by atoms with Gasteiger partial charge in [-0.1, -0.05) is 36.4 Å². The van der Waals surface area contributed by atoms with Gasteiger partial charge in [0.1, 0.15) is 5.75 Å². The van der Waals surface area contributed by atoms with Crippen LogP contribution in [0.25, 0.3) is 0 Å². The molecule has 1 fully saturated rings. The molecule has 1 saturated heterocycles. The molecule has 2 aromatic carbocycles. The number of anilines is 1. The number of guanidine groups is 1. The van der Waals surface area contributed by atoms with Crippen molar-refractivity contribution in [1.29, 1.82) is 0 Å². The van der Waals surface area contributed by atoms with Gasteiger partial charge >= 0.3 is 0 Å². The minimum Gasteiger partial charge on any atom is -0.493 e. The molecular formula is C24H33N3O3. The van der Waals surface area contributed by atoms with Crippen molar-refractivity contribution in [2.75, 3.05) is 52.4 Å². The highest BCUT2D eigenvalue weighted by atomic mass is 16.5. The Morgan fingerprint density at radius 2 is 1.87 bits per heavy atom. The molecule has 1 heterocycles. The molecule has 0 spiro atoms. The molecular weight excluding hydrogens is 378 g/mol. The summed E-state index contributed by atoms with van der Waals surface area (Å²) in [7, 11) is 3.49. The lowest BCUT2D eigenvalue weighted by Gasteiger charge is -2.38. The third kappa shape index (κ3) is 6.21. The Kier molecular flexibility index (Phi) is 8.53. The number of methoxy groups -OCH3 is 1. The second-order valence-corrected chi connectivity index (χ2v) is 7.53. The first-order chi connectivity index (χ1) is 14.8. The topological polar surface area (TPSA) is 64.1 Å². The Morgan fingerprint density at radius 1 is 1.07 bits per heavy atom. The fourth-order valence-corrected chi connectivity index (χ4v) is 3.75. The van der Waals surface area contributed by atoms with Gasteiger partial charge in [-0.25, -0.2) is 0 Å². The summed E-state index contributed by atoms with van der Waals surface area (Å²) in [6.45, 7) is 3.69. The van der Waals surface area contributed by atoms with Crippen LogP contribution >= 0.6 is 0 Å². The van der Waals surface area contributed by atoms with E-state index in [1.165, 1.54) is 5.56 Å². The molecule has 0 aromatic heterocycles. The quantitative estimate of drug-likeness (QED) is 0.373. The molecule has 2 N–H and O–H groups in total. The Hall–Kier alpha value is -2.57. The van der Waals surface area contributed by atoms with Crippen molar-refractivity contribution >= 4 is 11.6 Å². The van der Waals surface area contributed by atoms with Gasteiger partial charge in [-0.05, 0) is 30.5 Å². The molecule has 2 aromatic rings. The predicted molar refractivity (Wildman–Crippen MR) is 122 cm³/mol. The smallest absolute Gasteiger partial charge is 0.195 e. The summed E-state index contributed by atoms with van der Waals surface area (Å²) in [5.41, 5.74) is 2.33. The van der Waals surface area contributed by atoms with Gasteiger partial charge in [-0.2, -0.15) is 0 Å². The van der Waals surface area contributed by atoms with Crippen LogP contribution in [0.15, 0.2) is 59.6 Å². The Morgan fingerprint density at radius 3 is 2.60 bits per heavy atom. The summed E-state index contributed by atoms with van der Waals surface area (Å²) in [6, 6.07) is 18.6. The van der Waals surface area contributed by atoms with E-state index in [2.05, 4.69) is 46.0 Å². The molecule has 0 aliphatic carbocycles. The van der Waals surface area contributed by atoms with Crippen molar-refractivity contribution in [3.8, 4) is 5.75 Å². The molecule has 0 atom stereocenters. The number of hydrogen-bond acceptors (Lipinski definition) is 4. The predicted octanol–water partition coefficient (Wildman–Crippen LogP) is 3.84. The Bertz CT molecular complexity index is 789. The molecule has 162 valence electrons. The van der Waals surface area contributed by atoms with Crippen LogP contribution in [0.1, 0.15) is 24.8 Å². The zero-order valence-corrected chi connectivity index (χ0v) is 18.0. The van der Waals surface area contributed by atoms with Crippen LogP contribution in [-0.4, -0.2) is 53.1 Å². The monoisotopic (exact) mass is 411 g/mol. The summed E-state index contributed by atoms with van der Waals surface area (Å²) in [4.78, 5) is 4.41. The lowest BCUT2D eigenvalue weighted by Crippen LogP contribution is -2.46. The average molecular weight is 412 g/mol. The van der Waals surface area contributed by atoms with Crippen LogP contribution in [0.5, 0.6) is 5.75 Å². The number of hydrogen-bond donors (Lipinski definition) is 2. The second kappa shape index (κ2) is 11.6. The van der Waals surface area contributed by atoms with Crippen molar-refractivity contribution in [2.24, 2.45) is 4.99 Å². The molecule has 6 heteroatoms. The van der Waals surface area contributed by atoms with Crippen LogP contribution in [0.2, 0.25) is 0 Å². The summed E-state index contributed by atoms with van der Waals surface area (Å²) in [5, 5.41) is 6.91.